The molecule has 0 spiro atoms. The SMILES string of the molecule is CC(C)CCNC(=O)C[NH+]1CCN(C(=O)c2ccccc2)CC1. The van der Waals surface area contributed by atoms with Gasteiger partial charge in [-0.15, -0.1) is 0 Å². The average molecular weight is 318 g/mol. The minimum atomic E-state index is 0.0889. The van der Waals surface area contributed by atoms with Crippen LogP contribution < -0.4 is 10.2 Å². The molecule has 1 fully saturated rings. The first-order valence-electron chi connectivity index (χ1n) is 8.51. The highest BCUT2D eigenvalue weighted by Gasteiger charge is 2.25. The molecule has 1 aliphatic rings. The predicted octanol–water partition coefficient (Wildman–Crippen LogP) is 0.190. The van der Waals surface area contributed by atoms with Crippen LogP contribution >= 0.6 is 0 Å². The minimum Gasteiger partial charge on any atom is -0.351 e. The summed E-state index contributed by atoms with van der Waals surface area (Å²) in [6.07, 6.45) is 1.01. The molecule has 2 amide bonds. The van der Waals surface area contributed by atoms with Crippen molar-refractivity contribution in [2.24, 2.45) is 5.92 Å². The third-order valence-electron chi connectivity index (χ3n) is 4.23. The second-order valence-corrected chi connectivity index (χ2v) is 6.62. The number of nitrogens with zero attached hydrogens (tertiary/aromatic N) is 1. The maximum absolute atomic E-state index is 12.4. The quantitative estimate of drug-likeness (QED) is 0.787. The minimum absolute atomic E-state index is 0.0889. The lowest BCUT2D eigenvalue weighted by Crippen LogP contribution is -3.15. The Balaban J connectivity index is 1.71. The number of benzene rings is 1. The molecule has 0 aromatic heterocycles. The van der Waals surface area contributed by atoms with Crippen molar-refractivity contribution < 1.29 is 14.5 Å². The Kier molecular flexibility index (Phi) is 6.59. The van der Waals surface area contributed by atoms with Gasteiger partial charge in [-0.1, -0.05) is 32.0 Å². The molecule has 0 saturated carbocycles. The number of quaternary nitrogens is 1. The van der Waals surface area contributed by atoms with Crippen molar-refractivity contribution in [3.8, 4) is 0 Å². The largest absolute Gasteiger partial charge is 0.351 e. The molecule has 0 radical (unpaired) electrons. The van der Waals surface area contributed by atoms with Crippen molar-refractivity contribution in [2.75, 3.05) is 39.3 Å². The molecule has 1 heterocycles. The van der Waals surface area contributed by atoms with E-state index in [1.165, 1.54) is 4.90 Å². The summed E-state index contributed by atoms with van der Waals surface area (Å²) in [7, 11) is 0. The Morgan fingerprint density at radius 1 is 1.17 bits per heavy atom. The summed E-state index contributed by atoms with van der Waals surface area (Å²) >= 11 is 0. The van der Waals surface area contributed by atoms with Crippen LogP contribution in [0, 0.1) is 5.92 Å². The third kappa shape index (κ3) is 5.67. The molecule has 0 atom stereocenters. The fraction of sp³-hybridized carbons (Fsp3) is 0.556. The number of piperazine rings is 1. The predicted molar refractivity (Wildman–Crippen MR) is 90.4 cm³/mol. The second-order valence-electron chi connectivity index (χ2n) is 6.62. The lowest BCUT2D eigenvalue weighted by atomic mass is 10.1. The summed E-state index contributed by atoms with van der Waals surface area (Å²) in [4.78, 5) is 27.4. The Labute approximate surface area is 138 Å². The molecule has 1 saturated heterocycles. The molecule has 2 N–H and O–H groups in total. The molecule has 5 heteroatoms. The number of nitrogens with one attached hydrogen (secondary N) is 2. The van der Waals surface area contributed by atoms with E-state index in [0.29, 0.717) is 25.6 Å². The fourth-order valence-corrected chi connectivity index (χ4v) is 2.76. The van der Waals surface area contributed by atoms with E-state index in [9.17, 15) is 9.59 Å². The standard InChI is InChI=1S/C18H27N3O2/c1-15(2)8-9-19-17(22)14-20-10-12-21(13-11-20)18(23)16-6-4-3-5-7-16/h3-7,15H,8-14H2,1-2H3,(H,19,22)/p+1. The van der Waals surface area contributed by atoms with Crippen molar-refractivity contribution in [3.63, 3.8) is 0 Å². The Bertz CT molecular complexity index is 508. The number of hydrogen-bond acceptors (Lipinski definition) is 2. The van der Waals surface area contributed by atoms with Gasteiger partial charge < -0.3 is 15.1 Å². The zero-order valence-corrected chi connectivity index (χ0v) is 14.2. The molecule has 1 aromatic rings. The van der Waals surface area contributed by atoms with Gasteiger partial charge in [0.1, 0.15) is 0 Å². The first kappa shape index (κ1) is 17.5. The number of carbonyl (C=O) groups is 2. The maximum atomic E-state index is 12.4. The van der Waals surface area contributed by atoms with Crippen LogP contribution in [0.3, 0.4) is 0 Å². The first-order valence-corrected chi connectivity index (χ1v) is 8.51. The molecular weight excluding hydrogens is 290 g/mol. The molecule has 2 rings (SSSR count). The molecule has 5 nitrogen and oxygen atoms in total. The summed E-state index contributed by atoms with van der Waals surface area (Å²) in [5.74, 6) is 0.810. The van der Waals surface area contributed by atoms with Gasteiger partial charge >= 0.3 is 0 Å². The third-order valence-corrected chi connectivity index (χ3v) is 4.23. The van der Waals surface area contributed by atoms with Gasteiger partial charge in [0.05, 0.1) is 26.2 Å². The van der Waals surface area contributed by atoms with E-state index in [1.54, 1.807) is 0 Å². The van der Waals surface area contributed by atoms with Gasteiger partial charge in [-0.05, 0) is 24.5 Å². The van der Waals surface area contributed by atoms with E-state index in [4.69, 9.17) is 0 Å². The topological polar surface area (TPSA) is 53.9 Å². The molecule has 0 bridgehead atoms. The Morgan fingerprint density at radius 3 is 2.43 bits per heavy atom. The van der Waals surface area contributed by atoms with Crippen molar-refractivity contribution in [1.82, 2.24) is 10.2 Å². The molecule has 126 valence electrons. The van der Waals surface area contributed by atoms with Crippen LogP contribution in [0.4, 0.5) is 0 Å². The molecule has 0 unspecified atom stereocenters. The maximum Gasteiger partial charge on any atom is 0.275 e. The molecule has 23 heavy (non-hydrogen) atoms. The smallest absolute Gasteiger partial charge is 0.275 e. The first-order chi connectivity index (χ1) is 11.1. The highest BCUT2D eigenvalue weighted by Crippen LogP contribution is 2.04. The van der Waals surface area contributed by atoms with E-state index in [1.807, 2.05) is 35.2 Å². The van der Waals surface area contributed by atoms with Crippen molar-refractivity contribution in [2.45, 2.75) is 20.3 Å². The number of amides is 2. The zero-order chi connectivity index (χ0) is 16.7. The van der Waals surface area contributed by atoms with E-state index < -0.39 is 0 Å². The van der Waals surface area contributed by atoms with Gasteiger partial charge in [-0.3, -0.25) is 9.59 Å². The lowest BCUT2D eigenvalue weighted by molar-refractivity contribution is -0.896. The van der Waals surface area contributed by atoms with E-state index in [0.717, 1.165) is 31.6 Å². The summed E-state index contributed by atoms with van der Waals surface area (Å²) in [6.45, 7) is 8.64. The summed E-state index contributed by atoms with van der Waals surface area (Å²) in [5, 5.41) is 2.98. The van der Waals surface area contributed by atoms with Crippen LogP contribution in [-0.4, -0.2) is 56.0 Å². The molecular formula is C18H28N3O2+. The average Bonchev–Trinajstić information content (AvgIpc) is 2.55. The van der Waals surface area contributed by atoms with Crippen LogP contribution in [0.5, 0.6) is 0 Å². The Morgan fingerprint density at radius 2 is 1.83 bits per heavy atom. The highest BCUT2D eigenvalue weighted by molar-refractivity contribution is 5.94. The van der Waals surface area contributed by atoms with E-state index >= 15 is 0 Å². The van der Waals surface area contributed by atoms with Crippen LogP contribution in [0.15, 0.2) is 30.3 Å². The van der Waals surface area contributed by atoms with E-state index in [2.05, 4.69) is 19.2 Å². The Hall–Kier alpha value is -1.88. The second kappa shape index (κ2) is 8.67. The molecule has 1 aliphatic heterocycles. The van der Waals surface area contributed by atoms with Crippen molar-refractivity contribution in [3.05, 3.63) is 35.9 Å². The number of carbonyl (C=O) groups excluding carboxylic acids is 2. The highest BCUT2D eigenvalue weighted by atomic mass is 16.2. The van der Waals surface area contributed by atoms with Gasteiger partial charge in [0, 0.05) is 12.1 Å². The summed E-state index contributed by atoms with van der Waals surface area (Å²) in [5.41, 5.74) is 0.738. The molecule has 0 aliphatic carbocycles. The van der Waals surface area contributed by atoms with Crippen molar-refractivity contribution >= 4 is 11.8 Å². The van der Waals surface area contributed by atoms with Gasteiger partial charge in [0.15, 0.2) is 6.54 Å². The zero-order valence-electron chi connectivity index (χ0n) is 14.2. The number of hydrogen-bond donors (Lipinski definition) is 2. The van der Waals surface area contributed by atoms with Crippen LogP contribution in [0.2, 0.25) is 0 Å². The number of rotatable bonds is 6. The fourth-order valence-electron chi connectivity index (χ4n) is 2.76. The van der Waals surface area contributed by atoms with Crippen molar-refractivity contribution in [1.29, 1.82) is 0 Å². The summed E-state index contributed by atoms with van der Waals surface area (Å²) < 4.78 is 0. The van der Waals surface area contributed by atoms with Gasteiger partial charge in [-0.25, -0.2) is 0 Å². The van der Waals surface area contributed by atoms with E-state index in [-0.39, 0.29) is 11.8 Å². The monoisotopic (exact) mass is 318 g/mol. The van der Waals surface area contributed by atoms with Gasteiger partial charge in [-0.2, -0.15) is 0 Å². The van der Waals surface area contributed by atoms with Gasteiger partial charge in [0.25, 0.3) is 11.8 Å². The van der Waals surface area contributed by atoms with Crippen LogP contribution in [0.25, 0.3) is 0 Å². The summed E-state index contributed by atoms with van der Waals surface area (Å²) in [6, 6.07) is 9.39. The van der Waals surface area contributed by atoms with Crippen LogP contribution in [0.1, 0.15) is 30.6 Å². The lowest BCUT2D eigenvalue weighted by Gasteiger charge is -2.32. The normalized spacial score (nSPS) is 15.7. The van der Waals surface area contributed by atoms with Crippen LogP contribution in [-0.2, 0) is 4.79 Å². The molecule has 1 aromatic carbocycles. The van der Waals surface area contributed by atoms with Gasteiger partial charge in [0.2, 0.25) is 0 Å².